The monoisotopic (exact) mass is 647 g/mol. The van der Waals surface area contributed by atoms with Crippen molar-refractivity contribution in [2.75, 3.05) is 30.3 Å². The number of rotatable bonds is 13. The van der Waals surface area contributed by atoms with Gasteiger partial charge in [0.15, 0.2) is 0 Å². The lowest BCUT2D eigenvalue weighted by atomic mass is 10.1. The van der Waals surface area contributed by atoms with Crippen molar-refractivity contribution in [3.05, 3.63) is 82.8 Å². The van der Waals surface area contributed by atoms with E-state index in [1.54, 1.807) is 50.2 Å². The van der Waals surface area contributed by atoms with Gasteiger partial charge in [-0.3, -0.25) is 13.9 Å². The number of sulfonamides is 1. The number of benzene rings is 3. The first kappa shape index (κ1) is 31.5. The molecule has 1 unspecified atom stereocenters. The molecule has 0 saturated heterocycles. The van der Waals surface area contributed by atoms with Crippen LogP contribution in [-0.2, 0) is 26.2 Å². The molecule has 40 heavy (non-hydrogen) atoms. The Bertz CT molecular complexity index is 1400. The summed E-state index contributed by atoms with van der Waals surface area (Å²) in [6.45, 7) is 5.78. The summed E-state index contributed by atoms with van der Waals surface area (Å²) in [5.41, 5.74) is 1.10. The predicted molar refractivity (Wildman–Crippen MR) is 163 cm³/mol. The maximum Gasteiger partial charge on any atom is 0.264 e. The molecule has 0 aromatic heterocycles. The molecule has 0 bridgehead atoms. The second kappa shape index (κ2) is 14.6. The van der Waals surface area contributed by atoms with Crippen molar-refractivity contribution >= 4 is 55.2 Å². The predicted octanol–water partition coefficient (Wildman–Crippen LogP) is 5.32. The summed E-state index contributed by atoms with van der Waals surface area (Å²) in [7, 11) is -4.14. The fourth-order valence-electron chi connectivity index (χ4n) is 4.02. The molecule has 0 aliphatic heterocycles. The highest BCUT2D eigenvalue weighted by Crippen LogP contribution is 2.28. The van der Waals surface area contributed by atoms with Gasteiger partial charge in [0.05, 0.1) is 17.2 Å². The quantitative estimate of drug-likeness (QED) is 0.252. The van der Waals surface area contributed by atoms with Gasteiger partial charge >= 0.3 is 0 Å². The van der Waals surface area contributed by atoms with Gasteiger partial charge in [-0.15, -0.1) is 11.8 Å². The normalized spacial score (nSPS) is 11.9. The smallest absolute Gasteiger partial charge is 0.264 e. The van der Waals surface area contributed by atoms with Crippen LogP contribution in [0, 0.1) is 0 Å². The molecule has 0 radical (unpaired) electrons. The number of likely N-dealkylation sites (N-methyl/N-ethyl adjacent to an activating group) is 1. The lowest BCUT2D eigenvalue weighted by Crippen LogP contribution is -2.51. The summed E-state index contributed by atoms with van der Waals surface area (Å²) in [5, 5.41) is 2.76. The van der Waals surface area contributed by atoms with Crippen molar-refractivity contribution in [3.63, 3.8) is 0 Å². The zero-order valence-electron chi connectivity index (χ0n) is 23.0. The zero-order valence-corrected chi connectivity index (χ0v) is 26.2. The first-order chi connectivity index (χ1) is 19.1. The van der Waals surface area contributed by atoms with E-state index in [4.69, 9.17) is 4.74 Å². The van der Waals surface area contributed by atoms with Gasteiger partial charge in [0.25, 0.3) is 10.0 Å². The van der Waals surface area contributed by atoms with E-state index >= 15 is 0 Å². The number of carbonyl (C=O) groups excluding carboxylic acids is 2. The lowest BCUT2D eigenvalue weighted by molar-refractivity contribution is -0.139. The van der Waals surface area contributed by atoms with Crippen LogP contribution < -0.4 is 14.4 Å². The Morgan fingerprint density at radius 1 is 1.02 bits per heavy atom. The van der Waals surface area contributed by atoms with E-state index in [-0.39, 0.29) is 17.3 Å². The van der Waals surface area contributed by atoms with Crippen molar-refractivity contribution < 1.29 is 22.7 Å². The SMILES string of the molecule is CCNC(=O)C(C)N(Cc1cccc(Br)c1)C(=O)CN(c1ccc(OCC)cc1)S(=O)(=O)c1ccc(SC)cc1. The van der Waals surface area contributed by atoms with Crippen LogP contribution in [0.2, 0.25) is 0 Å². The number of halogens is 1. The molecule has 3 rings (SSSR count). The Morgan fingerprint density at radius 3 is 2.27 bits per heavy atom. The van der Waals surface area contributed by atoms with Crippen molar-refractivity contribution in [2.24, 2.45) is 0 Å². The second-order valence-electron chi connectivity index (χ2n) is 8.84. The summed E-state index contributed by atoms with van der Waals surface area (Å²) in [4.78, 5) is 29.1. The number of anilines is 1. The molecule has 0 aliphatic rings. The Balaban J connectivity index is 2.03. The summed E-state index contributed by atoms with van der Waals surface area (Å²) in [6, 6.07) is 19.7. The third-order valence-corrected chi connectivity index (χ3v) is 9.15. The van der Waals surface area contributed by atoms with Gasteiger partial charge < -0.3 is 15.0 Å². The number of ether oxygens (including phenoxy) is 1. The average molecular weight is 649 g/mol. The highest BCUT2D eigenvalue weighted by Gasteiger charge is 2.32. The highest BCUT2D eigenvalue weighted by molar-refractivity contribution is 9.10. The second-order valence-corrected chi connectivity index (χ2v) is 12.5. The van der Waals surface area contributed by atoms with E-state index in [1.165, 1.54) is 28.8 Å². The number of nitrogens with zero attached hydrogens (tertiary/aromatic N) is 2. The number of hydrogen-bond acceptors (Lipinski definition) is 6. The topological polar surface area (TPSA) is 96.0 Å². The summed E-state index contributed by atoms with van der Waals surface area (Å²) >= 11 is 4.95. The molecule has 0 fully saturated rings. The van der Waals surface area contributed by atoms with Crippen LogP contribution >= 0.6 is 27.7 Å². The first-order valence-corrected chi connectivity index (χ1v) is 16.3. The molecular weight excluding hydrogens is 614 g/mol. The van der Waals surface area contributed by atoms with Crippen LogP contribution in [0.25, 0.3) is 0 Å². The minimum Gasteiger partial charge on any atom is -0.494 e. The highest BCUT2D eigenvalue weighted by atomic mass is 79.9. The zero-order chi connectivity index (χ0) is 29.3. The van der Waals surface area contributed by atoms with Gasteiger partial charge in [-0.25, -0.2) is 8.42 Å². The summed E-state index contributed by atoms with van der Waals surface area (Å²) in [5.74, 6) is -0.258. The Morgan fingerprint density at radius 2 is 1.70 bits per heavy atom. The van der Waals surface area contributed by atoms with Gasteiger partial charge in [-0.2, -0.15) is 0 Å². The fourth-order valence-corrected chi connectivity index (χ4v) is 6.28. The van der Waals surface area contributed by atoms with Crippen LogP contribution in [0.4, 0.5) is 5.69 Å². The minimum atomic E-state index is -4.14. The van der Waals surface area contributed by atoms with Crippen molar-refractivity contribution in [1.29, 1.82) is 0 Å². The Labute approximate surface area is 249 Å². The third kappa shape index (κ3) is 8.02. The van der Waals surface area contributed by atoms with Gasteiger partial charge in [-0.1, -0.05) is 28.1 Å². The van der Waals surface area contributed by atoms with Crippen LogP contribution in [0.1, 0.15) is 26.3 Å². The largest absolute Gasteiger partial charge is 0.494 e. The maximum absolute atomic E-state index is 13.9. The van der Waals surface area contributed by atoms with Crippen LogP contribution in [0.15, 0.2) is 87.1 Å². The van der Waals surface area contributed by atoms with E-state index < -0.39 is 28.5 Å². The molecule has 0 heterocycles. The number of amides is 2. The molecule has 3 aromatic rings. The van der Waals surface area contributed by atoms with Crippen LogP contribution in [0.5, 0.6) is 5.75 Å². The minimum absolute atomic E-state index is 0.0577. The molecular formula is C29H34BrN3O5S2. The molecule has 1 N–H and O–H groups in total. The van der Waals surface area contributed by atoms with E-state index in [2.05, 4.69) is 21.2 Å². The first-order valence-electron chi connectivity index (χ1n) is 12.8. The van der Waals surface area contributed by atoms with Gasteiger partial charge in [0.1, 0.15) is 18.3 Å². The van der Waals surface area contributed by atoms with Crippen LogP contribution in [-0.4, -0.2) is 57.1 Å². The fraction of sp³-hybridized carbons (Fsp3) is 0.310. The Hall–Kier alpha value is -3.02. The summed E-state index contributed by atoms with van der Waals surface area (Å²) in [6.07, 6.45) is 1.91. The van der Waals surface area contributed by atoms with Gasteiger partial charge in [0, 0.05) is 22.5 Å². The summed E-state index contributed by atoms with van der Waals surface area (Å²) < 4.78 is 35.3. The standard InChI is InChI=1S/C29H34BrN3O5S2/c1-5-31-29(35)21(3)32(19-22-8-7-9-23(30)18-22)28(34)20-33(24-10-12-25(13-11-24)38-6-2)40(36,37)27-16-14-26(39-4)15-17-27/h7-18,21H,5-6,19-20H2,1-4H3,(H,31,35). The molecule has 0 spiro atoms. The average Bonchev–Trinajstić information content (AvgIpc) is 2.95. The van der Waals surface area contributed by atoms with Crippen molar-refractivity contribution in [1.82, 2.24) is 10.2 Å². The van der Waals surface area contributed by atoms with E-state index in [1.807, 2.05) is 37.4 Å². The number of carbonyl (C=O) groups is 2. The number of thioether (sulfide) groups is 1. The Kier molecular flexibility index (Phi) is 11.5. The molecule has 8 nitrogen and oxygen atoms in total. The molecule has 2 amide bonds. The van der Waals surface area contributed by atoms with Crippen molar-refractivity contribution in [3.8, 4) is 5.75 Å². The van der Waals surface area contributed by atoms with Crippen LogP contribution in [0.3, 0.4) is 0 Å². The number of nitrogens with one attached hydrogen (secondary N) is 1. The lowest BCUT2D eigenvalue weighted by Gasteiger charge is -2.32. The molecule has 0 aliphatic carbocycles. The van der Waals surface area contributed by atoms with E-state index in [0.717, 1.165) is 19.2 Å². The third-order valence-electron chi connectivity index (χ3n) is 6.12. The van der Waals surface area contributed by atoms with Gasteiger partial charge in [-0.05, 0) is 93.3 Å². The molecule has 3 aromatic carbocycles. The molecule has 1 atom stereocenters. The van der Waals surface area contributed by atoms with Crippen molar-refractivity contribution in [2.45, 2.75) is 43.1 Å². The van der Waals surface area contributed by atoms with E-state index in [9.17, 15) is 18.0 Å². The molecule has 214 valence electrons. The van der Waals surface area contributed by atoms with Gasteiger partial charge in [0.2, 0.25) is 11.8 Å². The number of hydrogen-bond donors (Lipinski definition) is 1. The maximum atomic E-state index is 13.9. The van der Waals surface area contributed by atoms with E-state index in [0.29, 0.717) is 24.6 Å². The molecule has 11 heteroatoms. The molecule has 0 saturated carbocycles.